The fourth-order valence-corrected chi connectivity index (χ4v) is 4.95. The Bertz CT molecular complexity index is 1160. The fraction of sp³-hybridized carbons (Fsp3) is 0.370. The molecule has 2 N–H and O–H groups in total. The lowest BCUT2D eigenvalue weighted by molar-refractivity contribution is -0.121. The Hall–Kier alpha value is -3.59. The third-order valence-corrected chi connectivity index (χ3v) is 6.98. The van der Waals surface area contributed by atoms with Crippen LogP contribution in [-0.2, 0) is 17.8 Å². The normalized spacial score (nSPS) is 17.2. The van der Waals surface area contributed by atoms with Gasteiger partial charge in [-0.05, 0) is 42.7 Å². The molecule has 2 amide bonds. The van der Waals surface area contributed by atoms with Crippen LogP contribution in [-0.4, -0.2) is 43.1 Å². The molecule has 0 unspecified atom stereocenters. The standard InChI is InChI=1S/C27H31N3O5S/c1-33-19-13-11-18(12-14-19)15-25(31)28-20-7-3-4-8-21(20)30-27(32)22-17-36-26(29-22)16-35-24-10-6-5-9-23(24)34-2/h5-6,9-14,17,20-21H,3-4,7-8,15-16H2,1-2H3,(H,28,31)(H,30,32)/t20-,21+/m0/s1. The van der Waals surface area contributed by atoms with E-state index in [1.165, 1.54) is 11.3 Å². The van der Waals surface area contributed by atoms with Crippen LogP contribution in [0.2, 0.25) is 0 Å². The SMILES string of the molecule is COc1ccc(CC(=O)N[C@H]2CCCC[C@H]2NC(=O)c2csc(COc3ccccc3OC)n2)cc1. The van der Waals surface area contributed by atoms with E-state index in [-0.39, 0.29) is 36.9 Å². The molecule has 9 heteroatoms. The van der Waals surface area contributed by atoms with Gasteiger partial charge >= 0.3 is 0 Å². The van der Waals surface area contributed by atoms with Crippen molar-refractivity contribution in [1.29, 1.82) is 0 Å². The van der Waals surface area contributed by atoms with Gasteiger partial charge in [0.15, 0.2) is 11.5 Å². The van der Waals surface area contributed by atoms with Crippen molar-refractivity contribution < 1.29 is 23.8 Å². The molecule has 4 rings (SSSR count). The lowest BCUT2D eigenvalue weighted by Gasteiger charge is -2.32. The molecular formula is C27H31N3O5S. The van der Waals surface area contributed by atoms with Gasteiger partial charge < -0.3 is 24.8 Å². The summed E-state index contributed by atoms with van der Waals surface area (Å²) in [5.41, 5.74) is 1.27. The third-order valence-electron chi connectivity index (χ3n) is 6.16. The third kappa shape index (κ3) is 6.75. The van der Waals surface area contributed by atoms with E-state index in [0.29, 0.717) is 22.2 Å². The second kappa shape index (κ2) is 12.4. The average molecular weight is 510 g/mol. The average Bonchev–Trinajstić information content (AvgIpc) is 3.38. The summed E-state index contributed by atoms with van der Waals surface area (Å²) < 4.78 is 16.3. The second-order valence-corrected chi connectivity index (χ2v) is 9.57. The molecule has 3 aromatic rings. The Morgan fingerprint density at radius 1 is 0.944 bits per heavy atom. The summed E-state index contributed by atoms with van der Waals surface area (Å²) in [5.74, 6) is 1.72. The second-order valence-electron chi connectivity index (χ2n) is 8.63. The first-order valence-electron chi connectivity index (χ1n) is 12.0. The first-order valence-corrected chi connectivity index (χ1v) is 12.9. The lowest BCUT2D eigenvalue weighted by atomic mass is 9.90. The van der Waals surface area contributed by atoms with Gasteiger partial charge in [-0.25, -0.2) is 4.98 Å². The molecule has 1 aliphatic rings. The molecule has 190 valence electrons. The molecule has 0 aliphatic heterocycles. The number of hydrogen-bond acceptors (Lipinski definition) is 7. The van der Waals surface area contributed by atoms with E-state index in [2.05, 4.69) is 15.6 Å². The number of carbonyl (C=O) groups is 2. The van der Waals surface area contributed by atoms with Crippen molar-refractivity contribution in [3.63, 3.8) is 0 Å². The Kier molecular flexibility index (Phi) is 8.78. The summed E-state index contributed by atoms with van der Waals surface area (Å²) in [6, 6.07) is 14.6. The maximum Gasteiger partial charge on any atom is 0.271 e. The minimum atomic E-state index is -0.240. The molecule has 0 radical (unpaired) electrons. The van der Waals surface area contributed by atoms with Gasteiger partial charge in [-0.1, -0.05) is 37.1 Å². The van der Waals surface area contributed by atoms with Crippen molar-refractivity contribution >= 4 is 23.2 Å². The number of para-hydroxylation sites is 2. The maximum absolute atomic E-state index is 12.9. The van der Waals surface area contributed by atoms with E-state index >= 15 is 0 Å². The van der Waals surface area contributed by atoms with Crippen LogP contribution in [0, 0.1) is 0 Å². The van der Waals surface area contributed by atoms with Gasteiger partial charge in [-0.2, -0.15) is 0 Å². The van der Waals surface area contributed by atoms with Gasteiger partial charge in [0.2, 0.25) is 5.91 Å². The number of aromatic nitrogens is 1. The summed E-state index contributed by atoms with van der Waals surface area (Å²) in [5, 5.41) is 8.64. The van der Waals surface area contributed by atoms with Gasteiger partial charge in [-0.3, -0.25) is 9.59 Å². The van der Waals surface area contributed by atoms with E-state index in [1.807, 2.05) is 48.5 Å². The highest BCUT2D eigenvalue weighted by Gasteiger charge is 2.28. The number of thiazole rings is 1. The van der Waals surface area contributed by atoms with Crippen LogP contribution in [0.15, 0.2) is 53.9 Å². The molecule has 2 aromatic carbocycles. The van der Waals surface area contributed by atoms with Crippen LogP contribution in [0.25, 0.3) is 0 Å². The van der Waals surface area contributed by atoms with Crippen LogP contribution in [0.3, 0.4) is 0 Å². The number of methoxy groups -OCH3 is 2. The van der Waals surface area contributed by atoms with Crippen molar-refractivity contribution in [2.45, 2.75) is 50.8 Å². The summed E-state index contributed by atoms with van der Waals surface area (Å²) >= 11 is 1.37. The van der Waals surface area contributed by atoms with Crippen molar-refractivity contribution in [3.05, 3.63) is 70.2 Å². The van der Waals surface area contributed by atoms with E-state index in [1.54, 1.807) is 19.6 Å². The largest absolute Gasteiger partial charge is 0.497 e. The molecule has 0 bridgehead atoms. The molecule has 8 nitrogen and oxygen atoms in total. The highest BCUT2D eigenvalue weighted by molar-refractivity contribution is 7.09. The Morgan fingerprint density at radius 2 is 1.64 bits per heavy atom. The number of rotatable bonds is 10. The zero-order chi connectivity index (χ0) is 25.3. The van der Waals surface area contributed by atoms with Crippen LogP contribution < -0.4 is 24.8 Å². The number of nitrogens with one attached hydrogen (secondary N) is 2. The van der Waals surface area contributed by atoms with Crippen molar-refractivity contribution in [3.8, 4) is 17.2 Å². The molecule has 1 aromatic heterocycles. The van der Waals surface area contributed by atoms with Gasteiger partial charge in [-0.15, -0.1) is 11.3 Å². The summed E-state index contributed by atoms with van der Waals surface area (Å²) in [4.78, 5) is 30.1. The highest BCUT2D eigenvalue weighted by atomic mass is 32.1. The van der Waals surface area contributed by atoms with E-state index < -0.39 is 0 Å². The fourth-order valence-electron chi connectivity index (χ4n) is 4.26. The molecular weight excluding hydrogens is 478 g/mol. The zero-order valence-corrected chi connectivity index (χ0v) is 21.3. The number of nitrogens with zero attached hydrogens (tertiary/aromatic N) is 1. The molecule has 1 aliphatic carbocycles. The van der Waals surface area contributed by atoms with Crippen molar-refractivity contribution in [1.82, 2.24) is 15.6 Å². The van der Waals surface area contributed by atoms with Crippen LogP contribution in [0.1, 0.15) is 46.7 Å². The van der Waals surface area contributed by atoms with Gasteiger partial charge in [0.05, 0.1) is 20.6 Å². The molecule has 1 saturated carbocycles. The summed E-state index contributed by atoms with van der Waals surface area (Å²) in [6.07, 6.45) is 3.94. The molecule has 0 spiro atoms. The smallest absolute Gasteiger partial charge is 0.271 e. The number of hydrogen-bond donors (Lipinski definition) is 2. The molecule has 36 heavy (non-hydrogen) atoms. The molecule has 2 atom stereocenters. The van der Waals surface area contributed by atoms with Crippen LogP contribution >= 0.6 is 11.3 Å². The maximum atomic E-state index is 12.9. The number of carbonyl (C=O) groups excluding carboxylic acids is 2. The molecule has 0 saturated heterocycles. The monoisotopic (exact) mass is 509 g/mol. The quantitative estimate of drug-likeness (QED) is 0.426. The predicted octanol–water partition coefficient (Wildman–Crippen LogP) is 4.14. The summed E-state index contributed by atoms with van der Waals surface area (Å²) in [6.45, 7) is 0.242. The highest BCUT2D eigenvalue weighted by Crippen LogP contribution is 2.27. The zero-order valence-electron chi connectivity index (χ0n) is 20.5. The van der Waals surface area contributed by atoms with Gasteiger partial charge in [0, 0.05) is 17.5 Å². The molecule has 1 fully saturated rings. The Labute approximate surface area is 215 Å². The minimum Gasteiger partial charge on any atom is -0.497 e. The van der Waals surface area contributed by atoms with Crippen molar-refractivity contribution in [2.24, 2.45) is 0 Å². The topological polar surface area (TPSA) is 98.8 Å². The Morgan fingerprint density at radius 3 is 2.33 bits per heavy atom. The van der Waals surface area contributed by atoms with Crippen LogP contribution in [0.4, 0.5) is 0 Å². The lowest BCUT2D eigenvalue weighted by Crippen LogP contribution is -2.53. The minimum absolute atomic E-state index is 0.0595. The first-order chi connectivity index (χ1) is 17.6. The van der Waals surface area contributed by atoms with E-state index in [9.17, 15) is 9.59 Å². The number of amides is 2. The predicted molar refractivity (Wildman–Crippen MR) is 138 cm³/mol. The van der Waals surface area contributed by atoms with Gasteiger partial charge in [0.25, 0.3) is 5.91 Å². The van der Waals surface area contributed by atoms with Crippen LogP contribution in [0.5, 0.6) is 17.2 Å². The number of ether oxygens (including phenoxy) is 3. The summed E-state index contributed by atoms with van der Waals surface area (Å²) in [7, 11) is 3.20. The van der Waals surface area contributed by atoms with E-state index in [4.69, 9.17) is 14.2 Å². The van der Waals surface area contributed by atoms with Gasteiger partial charge in [0.1, 0.15) is 23.1 Å². The Balaban J connectivity index is 1.31. The first kappa shape index (κ1) is 25.5. The molecule has 1 heterocycles. The van der Waals surface area contributed by atoms with E-state index in [0.717, 1.165) is 37.0 Å². The number of benzene rings is 2. The van der Waals surface area contributed by atoms with Crippen molar-refractivity contribution in [2.75, 3.05) is 14.2 Å².